The van der Waals surface area contributed by atoms with Crippen LogP contribution >= 0.6 is 0 Å². The van der Waals surface area contributed by atoms with Crippen LogP contribution in [0.15, 0.2) is 41.4 Å². The van der Waals surface area contributed by atoms with Gasteiger partial charge in [0.2, 0.25) is 15.9 Å². The second-order valence-corrected chi connectivity index (χ2v) is 10.2. The number of hydrogen-bond donors (Lipinski definition) is 0. The Morgan fingerprint density at radius 1 is 1.06 bits per heavy atom. The van der Waals surface area contributed by atoms with Crippen LogP contribution in [0.5, 0.6) is 5.75 Å². The number of anilines is 1. The summed E-state index contributed by atoms with van der Waals surface area (Å²) in [6.45, 7) is 5.97. The summed E-state index contributed by atoms with van der Waals surface area (Å²) in [5.74, 6) is 1.51. The number of hydrogen-bond acceptors (Lipinski definition) is 7. The molecule has 2 aliphatic heterocycles. The third-order valence-electron chi connectivity index (χ3n) is 6.06. The van der Waals surface area contributed by atoms with Crippen molar-refractivity contribution in [2.45, 2.75) is 18.2 Å². The fraction of sp³-hybridized carbons (Fsp3) is 0.478. The van der Waals surface area contributed by atoms with E-state index in [9.17, 15) is 13.2 Å². The Bertz CT molecular complexity index is 1080. The molecule has 0 atom stereocenters. The van der Waals surface area contributed by atoms with Gasteiger partial charge in [-0.05, 0) is 25.1 Å². The fourth-order valence-corrected chi connectivity index (χ4v) is 5.51. The van der Waals surface area contributed by atoms with Crippen molar-refractivity contribution in [3.8, 4) is 5.75 Å². The number of aromatic nitrogens is 1. The van der Waals surface area contributed by atoms with Crippen molar-refractivity contribution in [2.75, 3.05) is 64.5 Å². The first kappa shape index (κ1) is 23.5. The molecule has 0 unspecified atom stereocenters. The van der Waals surface area contributed by atoms with Crippen molar-refractivity contribution in [2.24, 2.45) is 0 Å². The number of pyridine rings is 1. The highest BCUT2D eigenvalue weighted by Gasteiger charge is 2.27. The van der Waals surface area contributed by atoms with Crippen LogP contribution in [-0.2, 0) is 26.0 Å². The number of rotatable bonds is 6. The standard InChI is InChI=1S/C23H30N4O5S/c1-18-3-5-21(31-2)19(15-18)16-23(28)26-9-7-25(8-10-26)22-6-4-20(17-24-22)33(29,30)27-11-13-32-14-12-27/h3-6,15,17H,7-14,16H2,1-2H3. The Balaban J connectivity index is 1.35. The molecule has 0 saturated carbocycles. The van der Waals surface area contributed by atoms with E-state index < -0.39 is 10.0 Å². The van der Waals surface area contributed by atoms with E-state index in [0.29, 0.717) is 64.7 Å². The van der Waals surface area contributed by atoms with Gasteiger partial charge >= 0.3 is 0 Å². The Kier molecular flexibility index (Phi) is 7.16. The van der Waals surface area contributed by atoms with Gasteiger partial charge in [0, 0.05) is 51.0 Å². The molecule has 2 fully saturated rings. The second kappa shape index (κ2) is 10.1. The van der Waals surface area contributed by atoms with Crippen molar-refractivity contribution in [3.05, 3.63) is 47.7 Å². The smallest absolute Gasteiger partial charge is 0.244 e. The van der Waals surface area contributed by atoms with Crippen LogP contribution in [0.4, 0.5) is 5.82 Å². The summed E-state index contributed by atoms with van der Waals surface area (Å²) in [5.41, 5.74) is 1.98. The molecule has 1 aromatic carbocycles. The van der Waals surface area contributed by atoms with E-state index in [1.807, 2.05) is 30.0 Å². The predicted octanol–water partition coefficient (Wildman–Crippen LogP) is 1.31. The molecule has 3 heterocycles. The summed E-state index contributed by atoms with van der Waals surface area (Å²) in [4.78, 5) is 21.4. The third kappa shape index (κ3) is 5.29. The largest absolute Gasteiger partial charge is 0.496 e. The zero-order valence-electron chi connectivity index (χ0n) is 19.1. The monoisotopic (exact) mass is 474 g/mol. The molecule has 1 aromatic heterocycles. The second-order valence-electron chi connectivity index (χ2n) is 8.23. The molecule has 10 heteroatoms. The minimum atomic E-state index is -3.56. The average molecular weight is 475 g/mol. The van der Waals surface area contributed by atoms with E-state index in [0.717, 1.165) is 16.9 Å². The van der Waals surface area contributed by atoms with Gasteiger partial charge in [0.25, 0.3) is 0 Å². The molecular weight excluding hydrogens is 444 g/mol. The summed E-state index contributed by atoms with van der Waals surface area (Å²) in [5, 5.41) is 0. The normalized spacial score (nSPS) is 17.8. The lowest BCUT2D eigenvalue weighted by atomic mass is 10.1. The van der Waals surface area contributed by atoms with Crippen molar-refractivity contribution in [1.82, 2.24) is 14.2 Å². The van der Waals surface area contributed by atoms with Crippen LogP contribution in [0.3, 0.4) is 0 Å². The number of benzene rings is 1. The first-order valence-electron chi connectivity index (χ1n) is 11.1. The number of amides is 1. The maximum absolute atomic E-state index is 12.9. The highest BCUT2D eigenvalue weighted by Crippen LogP contribution is 2.23. The lowest BCUT2D eigenvalue weighted by molar-refractivity contribution is -0.130. The fourth-order valence-electron chi connectivity index (χ4n) is 4.15. The minimum absolute atomic E-state index is 0.0680. The van der Waals surface area contributed by atoms with Crippen LogP contribution in [0.2, 0.25) is 0 Å². The maximum atomic E-state index is 12.9. The van der Waals surface area contributed by atoms with E-state index in [2.05, 4.69) is 9.88 Å². The zero-order valence-corrected chi connectivity index (χ0v) is 19.9. The van der Waals surface area contributed by atoms with Crippen molar-refractivity contribution in [1.29, 1.82) is 0 Å². The van der Waals surface area contributed by atoms with Crippen LogP contribution in [-0.4, -0.2) is 88.1 Å². The molecule has 2 aromatic rings. The number of aryl methyl sites for hydroxylation is 1. The van der Waals surface area contributed by atoms with E-state index in [4.69, 9.17) is 9.47 Å². The van der Waals surface area contributed by atoms with Gasteiger partial charge < -0.3 is 19.3 Å². The number of nitrogens with zero attached hydrogens (tertiary/aromatic N) is 4. The molecule has 9 nitrogen and oxygen atoms in total. The van der Waals surface area contributed by atoms with Gasteiger partial charge in [0.15, 0.2) is 0 Å². The number of carbonyl (C=O) groups excluding carboxylic acids is 1. The number of ether oxygens (including phenoxy) is 2. The molecule has 4 rings (SSSR count). The molecule has 178 valence electrons. The highest BCUT2D eigenvalue weighted by atomic mass is 32.2. The first-order valence-corrected chi connectivity index (χ1v) is 12.5. The van der Waals surface area contributed by atoms with Gasteiger partial charge in [0.05, 0.1) is 26.7 Å². The summed E-state index contributed by atoms with van der Waals surface area (Å²) in [7, 11) is -1.95. The Morgan fingerprint density at radius 2 is 1.79 bits per heavy atom. The molecule has 0 bridgehead atoms. The van der Waals surface area contributed by atoms with Gasteiger partial charge in [0.1, 0.15) is 16.5 Å². The van der Waals surface area contributed by atoms with Gasteiger partial charge in [-0.2, -0.15) is 4.31 Å². The SMILES string of the molecule is COc1ccc(C)cc1CC(=O)N1CCN(c2ccc(S(=O)(=O)N3CCOCC3)cn2)CC1. The topological polar surface area (TPSA) is 92.3 Å². The van der Waals surface area contributed by atoms with Gasteiger partial charge in [-0.25, -0.2) is 13.4 Å². The number of piperazine rings is 1. The lowest BCUT2D eigenvalue weighted by Crippen LogP contribution is -2.49. The molecule has 0 N–H and O–H groups in total. The van der Waals surface area contributed by atoms with Crippen LogP contribution < -0.4 is 9.64 Å². The third-order valence-corrected chi connectivity index (χ3v) is 7.94. The van der Waals surface area contributed by atoms with Crippen LogP contribution in [0.1, 0.15) is 11.1 Å². The first-order chi connectivity index (χ1) is 15.9. The quantitative estimate of drug-likeness (QED) is 0.623. The summed E-state index contributed by atoms with van der Waals surface area (Å²) in [6, 6.07) is 9.20. The van der Waals surface area contributed by atoms with Crippen LogP contribution in [0, 0.1) is 6.92 Å². The number of sulfonamides is 1. The van der Waals surface area contributed by atoms with Crippen LogP contribution in [0.25, 0.3) is 0 Å². The Hall–Kier alpha value is -2.69. The van der Waals surface area contributed by atoms with Gasteiger partial charge in [-0.3, -0.25) is 4.79 Å². The maximum Gasteiger partial charge on any atom is 0.244 e. The van der Waals surface area contributed by atoms with E-state index in [1.165, 1.54) is 10.5 Å². The summed E-state index contributed by atoms with van der Waals surface area (Å²) >= 11 is 0. The highest BCUT2D eigenvalue weighted by molar-refractivity contribution is 7.89. The minimum Gasteiger partial charge on any atom is -0.496 e. The lowest BCUT2D eigenvalue weighted by Gasteiger charge is -2.35. The molecule has 0 radical (unpaired) electrons. The summed E-state index contributed by atoms with van der Waals surface area (Å²) in [6.07, 6.45) is 1.72. The molecule has 33 heavy (non-hydrogen) atoms. The molecule has 0 aliphatic carbocycles. The Labute approximate surface area is 195 Å². The molecule has 1 amide bonds. The van der Waals surface area contributed by atoms with Gasteiger partial charge in [-0.15, -0.1) is 0 Å². The molecule has 2 saturated heterocycles. The van der Waals surface area contributed by atoms with Crippen molar-refractivity contribution < 1.29 is 22.7 Å². The van der Waals surface area contributed by atoms with E-state index >= 15 is 0 Å². The van der Waals surface area contributed by atoms with E-state index in [1.54, 1.807) is 19.2 Å². The van der Waals surface area contributed by atoms with Gasteiger partial charge in [-0.1, -0.05) is 17.7 Å². The van der Waals surface area contributed by atoms with Crippen molar-refractivity contribution >= 4 is 21.7 Å². The molecular formula is C23H30N4O5S. The number of morpholine rings is 1. The average Bonchev–Trinajstić information content (AvgIpc) is 2.85. The Morgan fingerprint density at radius 3 is 2.42 bits per heavy atom. The number of methoxy groups -OCH3 is 1. The number of carbonyl (C=O) groups is 1. The predicted molar refractivity (Wildman–Crippen MR) is 124 cm³/mol. The summed E-state index contributed by atoms with van der Waals surface area (Å²) < 4.78 is 37.6. The zero-order chi connectivity index (χ0) is 23.4. The molecule has 0 spiro atoms. The van der Waals surface area contributed by atoms with E-state index in [-0.39, 0.29) is 10.8 Å². The van der Waals surface area contributed by atoms with Crippen molar-refractivity contribution in [3.63, 3.8) is 0 Å². The molecule has 2 aliphatic rings.